The van der Waals surface area contributed by atoms with Crippen LogP contribution in [0.15, 0.2) is 6.07 Å². The van der Waals surface area contributed by atoms with Gasteiger partial charge in [-0.2, -0.15) is 0 Å². The molecule has 1 N–H and O–H groups in total. The summed E-state index contributed by atoms with van der Waals surface area (Å²) in [4.78, 5) is 24.3. The van der Waals surface area contributed by atoms with Crippen LogP contribution in [0.2, 0.25) is 10.3 Å². The SMILES string of the molecule is CN1C(=O)CCC(Nc2cc(Cl)nnc2Cl)C1=O. The van der Waals surface area contributed by atoms with Gasteiger partial charge in [0.2, 0.25) is 5.91 Å². The molecule has 1 saturated heterocycles. The molecular weight excluding hydrogens is 279 g/mol. The van der Waals surface area contributed by atoms with Crippen molar-refractivity contribution >= 4 is 40.7 Å². The van der Waals surface area contributed by atoms with Gasteiger partial charge in [-0.1, -0.05) is 23.2 Å². The summed E-state index contributed by atoms with van der Waals surface area (Å²) >= 11 is 11.5. The summed E-state index contributed by atoms with van der Waals surface area (Å²) in [5.41, 5.74) is 0.428. The lowest BCUT2D eigenvalue weighted by molar-refractivity contribution is -0.146. The fourth-order valence-electron chi connectivity index (χ4n) is 1.69. The van der Waals surface area contributed by atoms with E-state index in [-0.39, 0.29) is 22.1 Å². The average Bonchev–Trinajstić information content (AvgIpc) is 2.34. The minimum Gasteiger partial charge on any atom is -0.371 e. The van der Waals surface area contributed by atoms with Crippen LogP contribution >= 0.6 is 23.2 Å². The molecule has 0 radical (unpaired) electrons. The molecule has 2 rings (SSSR count). The van der Waals surface area contributed by atoms with Gasteiger partial charge >= 0.3 is 0 Å². The van der Waals surface area contributed by atoms with E-state index in [1.807, 2.05) is 0 Å². The van der Waals surface area contributed by atoms with Crippen LogP contribution in [-0.4, -0.2) is 40.0 Å². The minimum absolute atomic E-state index is 0.131. The van der Waals surface area contributed by atoms with Crippen molar-refractivity contribution in [2.24, 2.45) is 0 Å². The molecule has 0 bridgehead atoms. The molecule has 0 saturated carbocycles. The minimum atomic E-state index is -0.509. The highest BCUT2D eigenvalue weighted by molar-refractivity contribution is 6.33. The first kappa shape index (κ1) is 13.0. The summed E-state index contributed by atoms with van der Waals surface area (Å²) in [7, 11) is 1.46. The van der Waals surface area contributed by atoms with E-state index in [2.05, 4.69) is 15.5 Å². The monoisotopic (exact) mass is 288 g/mol. The van der Waals surface area contributed by atoms with E-state index in [1.165, 1.54) is 13.1 Å². The van der Waals surface area contributed by atoms with Crippen molar-refractivity contribution in [2.45, 2.75) is 18.9 Å². The first-order valence-corrected chi connectivity index (χ1v) is 6.00. The summed E-state index contributed by atoms with van der Waals surface area (Å²) in [6.07, 6.45) is 0.724. The molecule has 1 aromatic heterocycles. The van der Waals surface area contributed by atoms with E-state index in [9.17, 15) is 9.59 Å². The van der Waals surface area contributed by atoms with Gasteiger partial charge in [-0.3, -0.25) is 14.5 Å². The van der Waals surface area contributed by atoms with E-state index in [0.29, 0.717) is 18.5 Å². The number of hydrogen-bond acceptors (Lipinski definition) is 5. The number of rotatable bonds is 2. The molecule has 6 nitrogen and oxygen atoms in total. The van der Waals surface area contributed by atoms with Crippen molar-refractivity contribution in [3.8, 4) is 0 Å². The Kier molecular flexibility index (Phi) is 3.68. The molecule has 1 fully saturated rings. The number of piperidine rings is 1. The van der Waals surface area contributed by atoms with Crippen molar-refractivity contribution in [1.82, 2.24) is 15.1 Å². The Hall–Kier alpha value is -1.40. The number of halogens is 2. The van der Waals surface area contributed by atoms with Gasteiger partial charge in [0.25, 0.3) is 5.91 Å². The second kappa shape index (κ2) is 5.07. The van der Waals surface area contributed by atoms with Gasteiger partial charge < -0.3 is 5.32 Å². The molecule has 1 atom stereocenters. The van der Waals surface area contributed by atoms with Crippen LogP contribution in [0.1, 0.15) is 12.8 Å². The zero-order chi connectivity index (χ0) is 13.3. The largest absolute Gasteiger partial charge is 0.371 e. The number of likely N-dealkylation sites (tertiary alicyclic amines) is 1. The van der Waals surface area contributed by atoms with Gasteiger partial charge in [0, 0.05) is 19.5 Å². The van der Waals surface area contributed by atoms with Gasteiger partial charge in [-0.05, 0) is 6.42 Å². The zero-order valence-corrected chi connectivity index (χ0v) is 11.0. The van der Waals surface area contributed by atoms with E-state index in [1.54, 1.807) is 0 Å². The number of carbonyl (C=O) groups excluding carboxylic acids is 2. The Morgan fingerprint density at radius 2 is 2.11 bits per heavy atom. The predicted molar refractivity (Wildman–Crippen MR) is 66.5 cm³/mol. The number of imide groups is 1. The number of amides is 2. The van der Waals surface area contributed by atoms with Crippen molar-refractivity contribution < 1.29 is 9.59 Å². The van der Waals surface area contributed by atoms with E-state index >= 15 is 0 Å². The highest BCUT2D eigenvalue weighted by atomic mass is 35.5. The van der Waals surface area contributed by atoms with Crippen molar-refractivity contribution in [3.05, 3.63) is 16.4 Å². The molecule has 1 aliphatic rings. The standard InChI is InChI=1S/C10H10Cl2N4O2/c1-16-8(17)3-2-5(10(16)18)13-6-4-7(11)14-15-9(6)12/h4-5H,2-3H2,1H3,(H,13,14). The molecule has 0 aromatic carbocycles. The normalized spacial score (nSPS) is 20.2. The lowest BCUT2D eigenvalue weighted by atomic mass is 10.0. The predicted octanol–water partition coefficient (Wildman–Crippen LogP) is 1.34. The zero-order valence-electron chi connectivity index (χ0n) is 9.48. The number of likely N-dealkylation sites (N-methyl/N-ethyl adjacent to an activating group) is 1. The van der Waals surface area contributed by atoms with Crippen LogP contribution in [0.5, 0.6) is 0 Å². The molecule has 96 valence electrons. The topological polar surface area (TPSA) is 75.2 Å². The maximum Gasteiger partial charge on any atom is 0.251 e. The number of aromatic nitrogens is 2. The molecule has 2 heterocycles. The molecule has 0 spiro atoms. The van der Waals surface area contributed by atoms with E-state index in [4.69, 9.17) is 23.2 Å². The number of carbonyl (C=O) groups is 2. The molecule has 1 aliphatic heterocycles. The molecular formula is C10H10Cl2N4O2. The number of nitrogens with one attached hydrogen (secondary N) is 1. The van der Waals surface area contributed by atoms with Crippen molar-refractivity contribution in [3.63, 3.8) is 0 Å². The maximum absolute atomic E-state index is 11.9. The number of hydrogen-bond donors (Lipinski definition) is 1. The molecule has 18 heavy (non-hydrogen) atoms. The smallest absolute Gasteiger partial charge is 0.251 e. The molecule has 1 aromatic rings. The van der Waals surface area contributed by atoms with Gasteiger partial charge in [0.05, 0.1) is 5.69 Å². The Balaban J connectivity index is 2.16. The van der Waals surface area contributed by atoms with Crippen LogP contribution in [0.4, 0.5) is 5.69 Å². The molecule has 1 unspecified atom stereocenters. The molecule has 2 amide bonds. The highest BCUT2D eigenvalue weighted by Crippen LogP contribution is 2.24. The first-order valence-electron chi connectivity index (χ1n) is 5.24. The summed E-state index contributed by atoms with van der Waals surface area (Å²) in [5, 5.41) is 10.4. The van der Waals surface area contributed by atoms with Crippen molar-refractivity contribution in [2.75, 3.05) is 12.4 Å². The maximum atomic E-state index is 11.9. The Morgan fingerprint density at radius 1 is 1.39 bits per heavy atom. The quantitative estimate of drug-likeness (QED) is 0.832. The summed E-state index contributed by atoms with van der Waals surface area (Å²) in [6, 6.07) is 0.978. The number of nitrogens with zero attached hydrogens (tertiary/aromatic N) is 3. The lowest BCUT2D eigenvalue weighted by Crippen LogP contribution is -2.48. The number of anilines is 1. The molecule has 0 aliphatic carbocycles. The summed E-state index contributed by atoms with van der Waals surface area (Å²) in [5.74, 6) is -0.481. The van der Waals surface area contributed by atoms with Gasteiger partial charge in [0.15, 0.2) is 10.3 Å². The van der Waals surface area contributed by atoms with Crippen LogP contribution in [0.3, 0.4) is 0 Å². The first-order chi connectivity index (χ1) is 8.49. The summed E-state index contributed by atoms with van der Waals surface area (Å²) < 4.78 is 0. The lowest BCUT2D eigenvalue weighted by Gasteiger charge is -2.28. The van der Waals surface area contributed by atoms with Crippen molar-refractivity contribution in [1.29, 1.82) is 0 Å². The van der Waals surface area contributed by atoms with Crippen LogP contribution in [-0.2, 0) is 9.59 Å². The van der Waals surface area contributed by atoms with Gasteiger partial charge in [-0.25, -0.2) is 0 Å². The van der Waals surface area contributed by atoms with Crippen LogP contribution in [0, 0.1) is 0 Å². The van der Waals surface area contributed by atoms with Crippen LogP contribution < -0.4 is 5.32 Å². The average molecular weight is 289 g/mol. The Labute approximate surface area is 113 Å². The second-order valence-corrected chi connectivity index (χ2v) is 4.64. The highest BCUT2D eigenvalue weighted by Gasteiger charge is 2.32. The van der Waals surface area contributed by atoms with Gasteiger partial charge in [-0.15, -0.1) is 10.2 Å². The van der Waals surface area contributed by atoms with Crippen LogP contribution in [0.25, 0.3) is 0 Å². The fraction of sp³-hybridized carbons (Fsp3) is 0.400. The third-order valence-corrected chi connectivity index (χ3v) is 3.16. The fourth-order valence-corrected chi connectivity index (χ4v) is 1.99. The van der Waals surface area contributed by atoms with E-state index in [0.717, 1.165) is 4.90 Å². The Bertz CT molecular complexity index is 509. The molecule has 8 heteroatoms. The summed E-state index contributed by atoms with van der Waals surface area (Å²) in [6.45, 7) is 0. The van der Waals surface area contributed by atoms with Gasteiger partial charge in [0.1, 0.15) is 6.04 Å². The second-order valence-electron chi connectivity index (χ2n) is 3.90. The van der Waals surface area contributed by atoms with E-state index < -0.39 is 6.04 Å². The third kappa shape index (κ3) is 2.54. The third-order valence-electron chi connectivity index (χ3n) is 2.70. The Morgan fingerprint density at radius 3 is 2.83 bits per heavy atom.